The summed E-state index contributed by atoms with van der Waals surface area (Å²) in [5.74, 6) is 0.272. The molecular formula is C15H13ClN2O5. The Kier molecular flexibility index (Phi) is 5.37. The van der Waals surface area contributed by atoms with Gasteiger partial charge in [-0.3, -0.25) is 14.9 Å². The molecule has 0 aliphatic carbocycles. The number of halogens is 1. The first kappa shape index (κ1) is 16.6. The van der Waals surface area contributed by atoms with Crippen molar-refractivity contribution in [3.05, 3.63) is 57.6 Å². The van der Waals surface area contributed by atoms with E-state index in [1.807, 2.05) is 0 Å². The smallest absolute Gasteiger partial charge is 0.271 e. The average Bonchev–Trinajstić information content (AvgIpc) is 2.53. The highest BCUT2D eigenvalue weighted by Gasteiger charge is 2.14. The standard InChI is InChI=1S/C15H13ClN2O5/c1-22-14-6-5-11(18(20)21)8-13(14)17-15(19)9-23-12-4-2-3-10(16)7-12/h2-8H,9H2,1H3,(H,17,19). The lowest BCUT2D eigenvalue weighted by molar-refractivity contribution is -0.384. The fraction of sp³-hybridized carbons (Fsp3) is 0.133. The van der Waals surface area contributed by atoms with Crippen LogP contribution in [0, 0.1) is 10.1 Å². The Hall–Kier alpha value is -2.80. The van der Waals surface area contributed by atoms with Crippen LogP contribution in [0.25, 0.3) is 0 Å². The van der Waals surface area contributed by atoms with Crippen molar-refractivity contribution >= 4 is 28.9 Å². The Balaban J connectivity index is 2.04. The number of carbonyl (C=O) groups excluding carboxylic acids is 1. The summed E-state index contributed by atoms with van der Waals surface area (Å²) < 4.78 is 10.4. The van der Waals surface area contributed by atoms with Gasteiger partial charge in [0.2, 0.25) is 0 Å². The van der Waals surface area contributed by atoms with Crippen LogP contribution in [0.2, 0.25) is 5.02 Å². The number of ether oxygens (including phenoxy) is 2. The number of hydrogen-bond acceptors (Lipinski definition) is 5. The highest BCUT2D eigenvalue weighted by Crippen LogP contribution is 2.28. The molecule has 2 aromatic carbocycles. The normalized spacial score (nSPS) is 10.0. The molecule has 8 heteroatoms. The minimum absolute atomic E-state index is 0.156. The fourth-order valence-corrected chi connectivity index (χ4v) is 1.98. The zero-order valence-electron chi connectivity index (χ0n) is 12.1. The van der Waals surface area contributed by atoms with Crippen molar-refractivity contribution in [3.8, 4) is 11.5 Å². The van der Waals surface area contributed by atoms with Gasteiger partial charge in [0.05, 0.1) is 17.7 Å². The number of nitro groups is 1. The maximum Gasteiger partial charge on any atom is 0.271 e. The van der Waals surface area contributed by atoms with E-state index in [0.717, 1.165) is 0 Å². The van der Waals surface area contributed by atoms with E-state index in [2.05, 4.69) is 5.32 Å². The van der Waals surface area contributed by atoms with E-state index < -0.39 is 10.8 Å². The Morgan fingerprint density at radius 3 is 2.74 bits per heavy atom. The lowest BCUT2D eigenvalue weighted by Gasteiger charge is -2.11. The summed E-state index contributed by atoms with van der Waals surface area (Å²) in [4.78, 5) is 22.2. The predicted molar refractivity (Wildman–Crippen MR) is 85.2 cm³/mol. The number of carbonyl (C=O) groups is 1. The fourth-order valence-electron chi connectivity index (χ4n) is 1.80. The quantitative estimate of drug-likeness (QED) is 0.645. The minimum atomic E-state index is -0.558. The number of anilines is 1. The summed E-state index contributed by atoms with van der Waals surface area (Å²) in [5.41, 5.74) is 0.0400. The molecule has 0 aliphatic heterocycles. The first-order valence-corrected chi connectivity index (χ1v) is 6.88. The summed E-state index contributed by atoms with van der Waals surface area (Å²) in [7, 11) is 1.40. The molecule has 0 bridgehead atoms. The number of rotatable bonds is 6. The molecule has 0 saturated carbocycles. The molecule has 1 amide bonds. The summed E-state index contributed by atoms with van der Waals surface area (Å²) in [5, 5.41) is 13.8. The highest BCUT2D eigenvalue weighted by molar-refractivity contribution is 6.30. The number of amides is 1. The van der Waals surface area contributed by atoms with Crippen molar-refractivity contribution in [2.45, 2.75) is 0 Å². The van der Waals surface area contributed by atoms with E-state index in [1.165, 1.54) is 25.3 Å². The Morgan fingerprint density at radius 1 is 1.30 bits per heavy atom. The van der Waals surface area contributed by atoms with E-state index in [1.54, 1.807) is 24.3 Å². The van der Waals surface area contributed by atoms with Crippen LogP contribution in [0.1, 0.15) is 0 Å². The maximum atomic E-state index is 11.9. The van der Waals surface area contributed by atoms with E-state index in [-0.39, 0.29) is 18.0 Å². The molecule has 0 heterocycles. The van der Waals surface area contributed by atoms with Gasteiger partial charge in [0.15, 0.2) is 6.61 Å². The molecule has 0 unspecified atom stereocenters. The van der Waals surface area contributed by atoms with Gasteiger partial charge in [0.25, 0.3) is 11.6 Å². The van der Waals surface area contributed by atoms with Crippen LogP contribution in [-0.4, -0.2) is 24.5 Å². The molecular weight excluding hydrogens is 324 g/mol. The zero-order chi connectivity index (χ0) is 16.8. The maximum absolute atomic E-state index is 11.9. The van der Waals surface area contributed by atoms with Gasteiger partial charge in [-0.1, -0.05) is 17.7 Å². The minimum Gasteiger partial charge on any atom is -0.495 e. The second-order valence-corrected chi connectivity index (χ2v) is 4.87. The van der Waals surface area contributed by atoms with Crippen molar-refractivity contribution in [2.75, 3.05) is 19.0 Å². The van der Waals surface area contributed by atoms with Crippen molar-refractivity contribution in [2.24, 2.45) is 0 Å². The zero-order valence-corrected chi connectivity index (χ0v) is 12.9. The summed E-state index contributed by atoms with van der Waals surface area (Å²) >= 11 is 5.82. The van der Waals surface area contributed by atoms with Crippen molar-refractivity contribution in [1.29, 1.82) is 0 Å². The number of nitro benzene ring substituents is 1. The van der Waals surface area contributed by atoms with Crippen molar-refractivity contribution in [3.63, 3.8) is 0 Å². The third-order valence-corrected chi connectivity index (χ3v) is 3.07. The van der Waals surface area contributed by atoms with Gasteiger partial charge in [-0.2, -0.15) is 0 Å². The van der Waals surface area contributed by atoms with E-state index in [9.17, 15) is 14.9 Å². The lowest BCUT2D eigenvalue weighted by atomic mass is 10.2. The van der Waals surface area contributed by atoms with E-state index in [0.29, 0.717) is 16.5 Å². The second-order valence-electron chi connectivity index (χ2n) is 4.44. The van der Waals surface area contributed by atoms with Gasteiger partial charge >= 0.3 is 0 Å². The molecule has 2 aromatic rings. The third-order valence-electron chi connectivity index (χ3n) is 2.83. The molecule has 23 heavy (non-hydrogen) atoms. The van der Waals surface area contributed by atoms with E-state index in [4.69, 9.17) is 21.1 Å². The van der Waals surface area contributed by atoms with Gasteiger partial charge in [0.1, 0.15) is 11.5 Å². The van der Waals surface area contributed by atoms with Crippen LogP contribution in [-0.2, 0) is 4.79 Å². The van der Waals surface area contributed by atoms with Crippen LogP contribution in [0.4, 0.5) is 11.4 Å². The van der Waals surface area contributed by atoms with Gasteiger partial charge in [-0.05, 0) is 24.3 Å². The Bertz CT molecular complexity index is 736. The molecule has 7 nitrogen and oxygen atoms in total. The molecule has 1 N–H and O–H groups in total. The number of nitrogens with zero attached hydrogens (tertiary/aromatic N) is 1. The largest absolute Gasteiger partial charge is 0.495 e. The highest BCUT2D eigenvalue weighted by atomic mass is 35.5. The summed E-state index contributed by atoms with van der Waals surface area (Å²) in [6.07, 6.45) is 0. The number of methoxy groups -OCH3 is 1. The Labute approximate surface area is 136 Å². The molecule has 0 aliphatic rings. The molecule has 0 fully saturated rings. The number of nitrogens with one attached hydrogen (secondary N) is 1. The molecule has 0 atom stereocenters. The molecule has 2 rings (SSSR count). The van der Waals surface area contributed by atoms with Gasteiger partial charge in [0, 0.05) is 17.2 Å². The van der Waals surface area contributed by atoms with Crippen LogP contribution in [0.5, 0.6) is 11.5 Å². The number of non-ortho nitro benzene ring substituents is 1. The lowest BCUT2D eigenvalue weighted by Crippen LogP contribution is -2.20. The van der Waals surface area contributed by atoms with Crippen molar-refractivity contribution in [1.82, 2.24) is 0 Å². The average molecular weight is 337 g/mol. The molecule has 120 valence electrons. The van der Waals surface area contributed by atoms with Crippen LogP contribution < -0.4 is 14.8 Å². The first-order valence-electron chi connectivity index (χ1n) is 6.50. The van der Waals surface area contributed by atoms with Crippen LogP contribution >= 0.6 is 11.6 Å². The topological polar surface area (TPSA) is 90.7 Å². The molecule has 0 spiro atoms. The van der Waals surface area contributed by atoms with Crippen LogP contribution in [0.15, 0.2) is 42.5 Å². The number of hydrogen-bond donors (Lipinski definition) is 1. The molecule has 0 saturated heterocycles. The van der Waals surface area contributed by atoms with Crippen molar-refractivity contribution < 1.29 is 19.2 Å². The first-order chi connectivity index (χ1) is 11.0. The summed E-state index contributed by atoms with van der Waals surface area (Å²) in [6, 6.07) is 10.5. The Morgan fingerprint density at radius 2 is 2.09 bits per heavy atom. The SMILES string of the molecule is COc1ccc([N+](=O)[O-])cc1NC(=O)COc1cccc(Cl)c1. The van der Waals surface area contributed by atoms with Gasteiger partial charge in [-0.25, -0.2) is 0 Å². The van der Waals surface area contributed by atoms with Crippen LogP contribution in [0.3, 0.4) is 0 Å². The van der Waals surface area contributed by atoms with Gasteiger partial charge in [-0.15, -0.1) is 0 Å². The molecule has 0 aromatic heterocycles. The molecule has 0 radical (unpaired) electrons. The van der Waals surface area contributed by atoms with Gasteiger partial charge < -0.3 is 14.8 Å². The predicted octanol–water partition coefficient (Wildman–Crippen LogP) is 3.27. The number of benzene rings is 2. The van der Waals surface area contributed by atoms with E-state index >= 15 is 0 Å². The summed E-state index contributed by atoms with van der Waals surface area (Å²) in [6.45, 7) is -0.272. The monoisotopic (exact) mass is 336 g/mol. The third kappa shape index (κ3) is 4.58. The second kappa shape index (κ2) is 7.46.